The van der Waals surface area contributed by atoms with E-state index in [4.69, 9.17) is 20.6 Å². The third-order valence-corrected chi connectivity index (χ3v) is 8.31. The van der Waals surface area contributed by atoms with Gasteiger partial charge in [-0.1, -0.05) is 60.7 Å². The van der Waals surface area contributed by atoms with E-state index in [2.05, 4.69) is 5.32 Å². The maximum absolute atomic E-state index is 14.1. The fraction of sp³-hybridized carbons (Fsp3) is 0.211. The molecule has 50 heavy (non-hydrogen) atoms. The number of hydrogen-bond donors (Lipinski definition) is 3. The average molecular weight is 676 g/mol. The van der Waals surface area contributed by atoms with Crippen LogP contribution in [0.4, 0.5) is 11.4 Å². The summed E-state index contributed by atoms with van der Waals surface area (Å²) in [5.41, 5.74) is 8.46. The van der Waals surface area contributed by atoms with Crippen molar-refractivity contribution < 1.29 is 33.4 Å². The molecule has 0 aliphatic carbocycles. The van der Waals surface area contributed by atoms with Gasteiger partial charge in [0.25, 0.3) is 11.8 Å². The number of benzene rings is 4. The van der Waals surface area contributed by atoms with Gasteiger partial charge in [-0.25, -0.2) is 4.79 Å². The lowest BCUT2D eigenvalue weighted by Gasteiger charge is -2.31. The Bertz CT molecular complexity index is 1930. The Balaban J connectivity index is 1.42. The fourth-order valence-corrected chi connectivity index (χ4v) is 5.84. The molecule has 1 atom stereocenters. The Morgan fingerprint density at radius 2 is 1.58 bits per heavy atom. The second-order valence-corrected chi connectivity index (χ2v) is 11.7. The number of anilines is 2. The zero-order valence-corrected chi connectivity index (χ0v) is 27.7. The molecule has 0 saturated carbocycles. The monoisotopic (exact) mass is 675 g/mol. The molecule has 256 valence electrons. The molecular formula is C38H37N5O7. The van der Waals surface area contributed by atoms with Gasteiger partial charge in [0.2, 0.25) is 5.91 Å². The van der Waals surface area contributed by atoms with E-state index < -0.39 is 29.7 Å². The van der Waals surface area contributed by atoms with Crippen LogP contribution in [0.5, 0.6) is 0 Å². The summed E-state index contributed by atoms with van der Waals surface area (Å²) in [7, 11) is 1.26. The van der Waals surface area contributed by atoms with E-state index in [-0.39, 0.29) is 59.3 Å². The number of hydrogen-bond acceptors (Lipinski definition) is 8. The van der Waals surface area contributed by atoms with Crippen LogP contribution in [-0.4, -0.2) is 66.6 Å². The molecule has 1 heterocycles. The third kappa shape index (κ3) is 8.21. The summed E-state index contributed by atoms with van der Waals surface area (Å²) in [6, 6.07) is 26.7. The molecule has 0 aromatic heterocycles. The lowest BCUT2D eigenvalue weighted by molar-refractivity contribution is -0.141. The summed E-state index contributed by atoms with van der Waals surface area (Å²) in [5.74, 6) is -3.01. The normalized spacial score (nSPS) is 13.9. The lowest BCUT2D eigenvalue weighted by atomic mass is 10.0. The molecule has 1 unspecified atom stereocenters. The SMILES string of the molecule is COC(=O)CC1CN(CCc2ccccc2)C(=O)c2cc(NC(=O)c3ccc(C(=O)OCc4ccccc4)cc3C(=N)N)ccc2N1C(C)=O. The molecule has 0 bridgehead atoms. The maximum Gasteiger partial charge on any atom is 0.338 e. The highest BCUT2D eigenvalue weighted by molar-refractivity contribution is 6.14. The van der Waals surface area contributed by atoms with E-state index in [9.17, 15) is 24.0 Å². The van der Waals surface area contributed by atoms with Gasteiger partial charge >= 0.3 is 11.9 Å². The fourth-order valence-electron chi connectivity index (χ4n) is 5.84. The van der Waals surface area contributed by atoms with Crippen LogP contribution >= 0.6 is 0 Å². The second kappa shape index (κ2) is 15.7. The van der Waals surface area contributed by atoms with Crippen LogP contribution in [0.25, 0.3) is 0 Å². The Kier molecular flexibility index (Phi) is 11.0. The predicted molar refractivity (Wildman–Crippen MR) is 187 cm³/mol. The molecule has 4 N–H and O–H groups in total. The van der Waals surface area contributed by atoms with Gasteiger partial charge in [0.15, 0.2) is 0 Å². The van der Waals surface area contributed by atoms with Gasteiger partial charge in [-0.2, -0.15) is 0 Å². The quantitative estimate of drug-likeness (QED) is 0.118. The molecule has 5 rings (SSSR count). The predicted octanol–water partition coefficient (Wildman–Crippen LogP) is 4.56. The van der Waals surface area contributed by atoms with Crippen LogP contribution in [0.1, 0.15) is 61.1 Å². The molecule has 0 saturated heterocycles. The molecule has 4 aromatic carbocycles. The molecule has 0 spiro atoms. The van der Waals surface area contributed by atoms with Crippen molar-refractivity contribution in [2.24, 2.45) is 5.73 Å². The molecule has 0 fully saturated rings. The van der Waals surface area contributed by atoms with Crippen LogP contribution in [0.2, 0.25) is 0 Å². The first-order valence-corrected chi connectivity index (χ1v) is 15.9. The molecule has 12 nitrogen and oxygen atoms in total. The Hall–Kier alpha value is -6.30. The number of carbonyl (C=O) groups is 5. The summed E-state index contributed by atoms with van der Waals surface area (Å²) < 4.78 is 10.3. The van der Waals surface area contributed by atoms with Gasteiger partial charge < -0.3 is 30.3 Å². The van der Waals surface area contributed by atoms with Gasteiger partial charge in [0, 0.05) is 31.3 Å². The lowest BCUT2D eigenvalue weighted by Crippen LogP contribution is -2.46. The second-order valence-electron chi connectivity index (χ2n) is 11.7. The van der Waals surface area contributed by atoms with Crippen LogP contribution < -0.4 is 16.0 Å². The zero-order valence-electron chi connectivity index (χ0n) is 27.7. The van der Waals surface area contributed by atoms with Crippen molar-refractivity contribution in [2.45, 2.75) is 32.4 Å². The molecule has 4 aromatic rings. The van der Waals surface area contributed by atoms with Gasteiger partial charge in [-0.3, -0.25) is 24.6 Å². The Morgan fingerprint density at radius 3 is 2.22 bits per heavy atom. The molecule has 0 radical (unpaired) electrons. The standard InChI is InChI=1S/C38H37N5O7/c1-24(44)43-29(21-34(45)49-2)22-42(18-17-25-9-5-3-6-10-25)37(47)32-20-28(14-16-33(32)43)41-36(46)30-15-13-27(19-31(30)35(39)40)38(48)50-23-26-11-7-4-8-12-26/h3-16,19-20,29H,17-18,21-23H2,1-2H3,(H3,39,40)(H,41,46). The van der Waals surface area contributed by atoms with Crippen molar-refractivity contribution in [3.8, 4) is 0 Å². The van der Waals surface area contributed by atoms with Crippen LogP contribution in [0, 0.1) is 5.41 Å². The van der Waals surface area contributed by atoms with E-state index in [1.807, 2.05) is 60.7 Å². The van der Waals surface area contributed by atoms with Gasteiger partial charge in [0.05, 0.1) is 42.0 Å². The molecule has 12 heteroatoms. The highest BCUT2D eigenvalue weighted by Crippen LogP contribution is 2.32. The summed E-state index contributed by atoms with van der Waals surface area (Å²) in [5, 5.41) is 10.8. The topological polar surface area (TPSA) is 172 Å². The van der Waals surface area contributed by atoms with Gasteiger partial charge in [0.1, 0.15) is 12.4 Å². The van der Waals surface area contributed by atoms with E-state index in [1.54, 1.807) is 11.0 Å². The van der Waals surface area contributed by atoms with Crippen molar-refractivity contribution >= 4 is 46.9 Å². The van der Waals surface area contributed by atoms with Crippen LogP contribution in [0.3, 0.4) is 0 Å². The first-order valence-electron chi connectivity index (χ1n) is 15.9. The van der Waals surface area contributed by atoms with Crippen molar-refractivity contribution in [3.63, 3.8) is 0 Å². The number of fused-ring (bicyclic) bond motifs is 1. The van der Waals surface area contributed by atoms with Gasteiger partial charge in [-0.05, 0) is 53.9 Å². The number of rotatable bonds is 11. The third-order valence-electron chi connectivity index (χ3n) is 8.31. The number of esters is 2. The highest BCUT2D eigenvalue weighted by Gasteiger charge is 2.36. The Morgan fingerprint density at radius 1 is 0.900 bits per heavy atom. The molecule has 1 aliphatic heterocycles. The zero-order chi connectivity index (χ0) is 35.8. The number of amides is 3. The molecule has 3 amide bonds. The highest BCUT2D eigenvalue weighted by atomic mass is 16.5. The first kappa shape index (κ1) is 35.0. The van der Waals surface area contributed by atoms with Crippen molar-refractivity contribution in [3.05, 3.63) is 130 Å². The van der Waals surface area contributed by atoms with E-state index in [1.165, 1.54) is 49.3 Å². The first-order chi connectivity index (χ1) is 24.0. The largest absolute Gasteiger partial charge is 0.469 e. The number of methoxy groups -OCH3 is 1. The number of carbonyl (C=O) groups excluding carboxylic acids is 5. The number of nitrogens with two attached hydrogens (primary N) is 1. The smallest absolute Gasteiger partial charge is 0.338 e. The van der Waals surface area contributed by atoms with E-state index in [0.29, 0.717) is 18.7 Å². The number of amidine groups is 1. The van der Waals surface area contributed by atoms with Crippen molar-refractivity contribution in [1.29, 1.82) is 5.41 Å². The summed E-state index contributed by atoms with van der Waals surface area (Å²) in [4.78, 5) is 68.9. The molecular weight excluding hydrogens is 638 g/mol. The minimum Gasteiger partial charge on any atom is -0.469 e. The summed E-state index contributed by atoms with van der Waals surface area (Å²) in [6.45, 7) is 1.80. The number of ether oxygens (including phenoxy) is 2. The number of nitrogen functional groups attached to an aromatic ring is 1. The number of nitrogens with one attached hydrogen (secondary N) is 2. The van der Waals surface area contributed by atoms with Crippen molar-refractivity contribution in [2.75, 3.05) is 30.4 Å². The van der Waals surface area contributed by atoms with Crippen LogP contribution in [-0.2, 0) is 32.1 Å². The summed E-state index contributed by atoms with van der Waals surface area (Å²) >= 11 is 0. The Labute approximate surface area is 289 Å². The summed E-state index contributed by atoms with van der Waals surface area (Å²) in [6.07, 6.45) is 0.402. The van der Waals surface area contributed by atoms with E-state index in [0.717, 1.165) is 11.1 Å². The van der Waals surface area contributed by atoms with Crippen LogP contribution in [0.15, 0.2) is 97.1 Å². The van der Waals surface area contributed by atoms with E-state index >= 15 is 0 Å². The minimum absolute atomic E-state index is 0.0167. The maximum atomic E-state index is 14.1. The minimum atomic E-state index is -0.697. The number of nitrogens with zero attached hydrogens (tertiary/aromatic N) is 2. The van der Waals surface area contributed by atoms with Crippen molar-refractivity contribution in [1.82, 2.24) is 4.90 Å². The van der Waals surface area contributed by atoms with Gasteiger partial charge in [-0.15, -0.1) is 0 Å². The molecule has 1 aliphatic rings. The average Bonchev–Trinajstić information content (AvgIpc) is 3.23.